The van der Waals surface area contributed by atoms with Gasteiger partial charge < -0.3 is 9.90 Å². The summed E-state index contributed by atoms with van der Waals surface area (Å²) in [6.07, 6.45) is 21.9. The quantitative estimate of drug-likeness (QED) is 0.277. The molecule has 21 heavy (non-hydrogen) atoms. The van der Waals surface area contributed by atoms with Crippen molar-refractivity contribution in [3.05, 3.63) is 24.3 Å². The Morgan fingerprint density at radius 3 is 1.81 bits per heavy atom. The first-order valence-corrected chi connectivity index (χ1v) is 8.29. The van der Waals surface area contributed by atoms with E-state index in [4.69, 9.17) is 0 Å². The summed E-state index contributed by atoms with van der Waals surface area (Å²) in [7, 11) is 0. The fourth-order valence-corrected chi connectivity index (χ4v) is 2.10. The number of carboxylic acids is 1. The van der Waals surface area contributed by atoms with Crippen LogP contribution in [0.1, 0.15) is 84.0 Å². The minimum absolute atomic E-state index is 0. The zero-order valence-corrected chi connectivity index (χ0v) is 17.2. The summed E-state index contributed by atoms with van der Waals surface area (Å²) in [4.78, 5) is 10.2. The van der Waals surface area contributed by atoms with Crippen molar-refractivity contribution in [2.45, 2.75) is 84.0 Å². The molecule has 0 aliphatic rings. The van der Waals surface area contributed by atoms with Crippen LogP contribution in [0.4, 0.5) is 0 Å². The largest absolute Gasteiger partial charge is 1.00 e. The zero-order valence-electron chi connectivity index (χ0n) is 14.1. The van der Waals surface area contributed by atoms with Gasteiger partial charge in [-0.1, -0.05) is 69.8 Å². The molecule has 2 nitrogen and oxygen atoms in total. The van der Waals surface area contributed by atoms with Crippen LogP contribution in [0, 0.1) is 0 Å². The van der Waals surface area contributed by atoms with E-state index >= 15 is 0 Å². The average Bonchev–Trinajstić information content (AvgIpc) is 2.43. The Morgan fingerprint density at radius 2 is 1.29 bits per heavy atom. The molecular weight excluding hydrogens is 287 g/mol. The van der Waals surface area contributed by atoms with Gasteiger partial charge in [0.2, 0.25) is 0 Å². The van der Waals surface area contributed by atoms with Gasteiger partial charge in [-0.2, -0.15) is 0 Å². The van der Waals surface area contributed by atoms with Gasteiger partial charge in [-0.3, -0.25) is 0 Å². The molecule has 0 aromatic carbocycles. The average molecular weight is 319 g/mol. The van der Waals surface area contributed by atoms with E-state index in [2.05, 4.69) is 31.2 Å². The normalized spacial score (nSPS) is 11.1. The Kier molecular flexibility index (Phi) is 23.4. The molecule has 3 heteroatoms. The van der Waals surface area contributed by atoms with Crippen LogP contribution in [0.5, 0.6) is 0 Å². The van der Waals surface area contributed by atoms with Crippen molar-refractivity contribution >= 4 is 5.97 Å². The summed E-state index contributed by atoms with van der Waals surface area (Å²) in [6, 6.07) is 0. The molecule has 0 fully saturated rings. The second kappa shape index (κ2) is 20.6. The van der Waals surface area contributed by atoms with Crippen molar-refractivity contribution in [3.63, 3.8) is 0 Å². The SMILES string of the molecule is CCCCCC/C=C/C=C\CCCCCCCC(=O)[O-].[K+]. The molecule has 0 aromatic rings. The first-order chi connectivity index (χ1) is 9.77. The van der Waals surface area contributed by atoms with Crippen LogP contribution in [0.25, 0.3) is 0 Å². The van der Waals surface area contributed by atoms with E-state index in [1.165, 1.54) is 44.9 Å². The molecule has 116 valence electrons. The van der Waals surface area contributed by atoms with E-state index in [0.717, 1.165) is 25.7 Å². The fraction of sp³-hybridized carbons (Fsp3) is 0.722. The minimum atomic E-state index is -0.922. The zero-order chi connectivity index (χ0) is 14.9. The summed E-state index contributed by atoms with van der Waals surface area (Å²) in [6.45, 7) is 2.24. The Morgan fingerprint density at radius 1 is 0.810 bits per heavy atom. The Balaban J connectivity index is 0. The fourth-order valence-electron chi connectivity index (χ4n) is 2.10. The van der Waals surface area contributed by atoms with Gasteiger partial charge in [0.1, 0.15) is 0 Å². The van der Waals surface area contributed by atoms with Crippen LogP contribution in [0.3, 0.4) is 0 Å². The van der Waals surface area contributed by atoms with E-state index in [0.29, 0.717) is 0 Å². The van der Waals surface area contributed by atoms with Crippen molar-refractivity contribution in [2.24, 2.45) is 0 Å². The third-order valence-corrected chi connectivity index (χ3v) is 3.36. The molecule has 0 rings (SSSR count). The molecule has 0 saturated heterocycles. The van der Waals surface area contributed by atoms with Gasteiger partial charge in [-0.15, -0.1) is 0 Å². The number of hydrogen-bond acceptors (Lipinski definition) is 2. The van der Waals surface area contributed by atoms with Crippen molar-refractivity contribution in [1.82, 2.24) is 0 Å². The number of aliphatic carboxylic acids is 1. The molecule has 0 amide bonds. The van der Waals surface area contributed by atoms with E-state index in [1.807, 2.05) is 0 Å². The number of hydrogen-bond donors (Lipinski definition) is 0. The summed E-state index contributed by atoms with van der Waals surface area (Å²) < 4.78 is 0. The molecule has 0 heterocycles. The second-order valence-electron chi connectivity index (χ2n) is 5.38. The number of carbonyl (C=O) groups is 1. The van der Waals surface area contributed by atoms with Crippen LogP contribution in [0.15, 0.2) is 24.3 Å². The van der Waals surface area contributed by atoms with E-state index in [9.17, 15) is 9.90 Å². The maximum Gasteiger partial charge on any atom is 1.00 e. The standard InChI is InChI=1S/C18H32O2.K/c1-2-3-4-5-6-7-8-9-10-11-12-13-14-15-16-17-18(19)20;/h7-10H,2-6,11-17H2,1H3,(H,19,20);/q;+1/p-1/b8-7+,10-9-;. The smallest absolute Gasteiger partial charge is 0.550 e. The maximum atomic E-state index is 10.2. The number of rotatable bonds is 14. The summed E-state index contributed by atoms with van der Waals surface area (Å²) >= 11 is 0. The molecule has 0 aliphatic carbocycles. The van der Waals surface area contributed by atoms with Crippen LogP contribution >= 0.6 is 0 Å². The van der Waals surface area contributed by atoms with Gasteiger partial charge in [0.05, 0.1) is 0 Å². The first kappa shape index (κ1) is 23.8. The number of unbranched alkanes of at least 4 members (excludes halogenated alkanes) is 9. The molecule has 0 atom stereocenters. The van der Waals surface area contributed by atoms with Crippen molar-refractivity contribution in [3.8, 4) is 0 Å². The molecule has 0 aliphatic heterocycles. The van der Waals surface area contributed by atoms with E-state index < -0.39 is 5.97 Å². The molecule has 0 bridgehead atoms. The predicted octanol–water partition coefficient (Wildman–Crippen LogP) is 1.55. The topological polar surface area (TPSA) is 40.1 Å². The van der Waals surface area contributed by atoms with Gasteiger partial charge in [0.15, 0.2) is 0 Å². The van der Waals surface area contributed by atoms with Crippen LogP contribution in [0.2, 0.25) is 0 Å². The van der Waals surface area contributed by atoms with Gasteiger partial charge in [-0.05, 0) is 38.5 Å². The molecular formula is C18H31KO2. The molecule has 0 spiro atoms. The molecule has 0 aromatic heterocycles. The van der Waals surface area contributed by atoms with Gasteiger partial charge >= 0.3 is 51.4 Å². The van der Waals surface area contributed by atoms with Crippen molar-refractivity contribution in [1.29, 1.82) is 0 Å². The number of carboxylic acid groups (broad SMARTS) is 1. The van der Waals surface area contributed by atoms with Crippen LogP contribution in [-0.4, -0.2) is 5.97 Å². The molecule has 0 unspecified atom stereocenters. The monoisotopic (exact) mass is 318 g/mol. The van der Waals surface area contributed by atoms with Crippen LogP contribution in [-0.2, 0) is 4.79 Å². The molecule has 0 radical (unpaired) electrons. The van der Waals surface area contributed by atoms with E-state index in [1.54, 1.807) is 0 Å². The third kappa shape index (κ3) is 23.0. The first-order valence-electron chi connectivity index (χ1n) is 8.29. The number of carbonyl (C=O) groups excluding carboxylic acids is 1. The van der Waals surface area contributed by atoms with Gasteiger partial charge in [0.25, 0.3) is 0 Å². The summed E-state index contributed by atoms with van der Waals surface area (Å²) in [5, 5.41) is 10.2. The number of allylic oxidation sites excluding steroid dienone is 4. The minimum Gasteiger partial charge on any atom is -0.550 e. The molecule has 0 saturated carbocycles. The van der Waals surface area contributed by atoms with E-state index in [-0.39, 0.29) is 57.8 Å². The third-order valence-electron chi connectivity index (χ3n) is 3.36. The predicted molar refractivity (Wildman–Crippen MR) is 84.4 cm³/mol. The van der Waals surface area contributed by atoms with Gasteiger partial charge in [-0.25, -0.2) is 0 Å². The maximum absolute atomic E-state index is 10.2. The van der Waals surface area contributed by atoms with Crippen molar-refractivity contribution < 1.29 is 61.3 Å². The Hall–Kier alpha value is 0.586. The van der Waals surface area contributed by atoms with Crippen molar-refractivity contribution in [2.75, 3.05) is 0 Å². The molecule has 0 N–H and O–H groups in total. The Bertz CT molecular complexity index is 272. The Labute approximate surface area is 173 Å². The summed E-state index contributed by atoms with van der Waals surface area (Å²) in [5.41, 5.74) is 0. The van der Waals surface area contributed by atoms with Gasteiger partial charge in [0, 0.05) is 5.97 Å². The summed E-state index contributed by atoms with van der Waals surface area (Å²) in [5.74, 6) is -0.922. The second-order valence-corrected chi connectivity index (χ2v) is 5.38. The van der Waals surface area contributed by atoms with Crippen LogP contribution < -0.4 is 56.5 Å².